The van der Waals surface area contributed by atoms with Crippen LogP contribution in [-0.2, 0) is 30.2 Å². The molecule has 0 aliphatic carbocycles. The molecule has 0 saturated heterocycles. The van der Waals surface area contributed by atoms with Crippen LogP contribution in [0.4, 0.5) is 0 Å². The molecule has 0 aliphatic rings. The number of rotatable bonds is 14. The minimum atomic E-state index is -3.87. The summed E-state index contributed by atoms with van der Waals surface area (Å²) in [5.74, 6) is 1.08. The van der Waals surface area contributed by atoms with Crippen molar-refractivity contribution in [2.45, 2.75) is 71.4 Å². The first-order valence-corrected chi connectivity index (χ1v) is 15.2. The average molecular weight is 576 g/mol. The molecule has 3 rings (SSSR count). The van der Waals surface area contributed by atoms with Crippen LogP contribution >= 0.6 is 0 Å². The molecule has 0 spiro atoms. The van der Waals surface area contributed by atoms with Crippen LogP contribution in [-0.4, -0.2) is 58.7 Å². The van der Waals surface area contributed by atoms with Crippen LogP contribution in [0, 0.1) is 0 Å². The lowest BCUT2D eigenvalue weighted by Gasteiger charge is -2.23. The quantitative estimate of drug-likeness (QED) is 0.288. The van der Waals surface area contributed by atoms with E-state index in [9.17, 15) is 18.0 Å². The van der Waals surface area contributed by atoms with E-state index in [0.717, 1.165) is 0 Å². The zero-order valence-electron chi connectivity index (χ0n) is 24.6. The monoisotopic (exact) mass is 575 g/mol. The number of methoxy groups -OCH3 is 2. The van der Waals surface area contributed by atoms with Gasteiger partial charge in [-0.25, -0.2) is 18.2 Å². The molecule has 40 heavy (non-hydrogen) atoms. The molecular formula is C28H41N5O6S. The van der Waals surface area contributed by atoms with E-state index >= 15 is 0 Å². The number of fused-ring (bicyclic) bond motifs is 1. The number of nitrogens with zero attached hydrogens (tertiary/aromatic N) is 5. The van der Waals surface area contributed by atoms with Gasteiger partial charge in [0.2, 0.25) is 10.0 Å². The Labute approximate surface area is 235 Å². The molecular weight excluding hydrogens is 534 g/mol. The van der Waals surface area contributed by atoms with Gasteiger partial charge < -0.3 is 14.0 Å². The molecule has 3 aromatic rings. The first-order chi connectivity index (χ1) is 19.1. The predicted molar refractivity (Wildman–Crippen MR) is 158 cm³/mol. The van der Waals surface area contributed by atoms with Crippen LogP contribution in [0.15, 0.2) is 26.6 Å². The SMILES string of the molecule is CCCN(CCC)S(=O)(=O)c1cc(OC)c(OC)cc1/C=C/c1nc2c(c(=O)n(CCC)c(=O)n2CCC)n1C. The van der Waals surface area contributed by atoms with Crippen LogP contribution in [0.3, 0.4) is 0 Å². The Hall–Kier alpha value is -3.38. The summed E-state index contributed by atoms with van der Waals surface area (Å²) in [5, 5.41) is 0. The second-order valence-corrected chi connectivity index (χ2v) is 11.5. The molecule has 0 atom stereocenters. The van der Waals surface area contributed by atoms with Gasteiger partial charge in [0.15, 0.2) is 22.7 Å². The Balaban J connectivity index is 2.27. The van der Waals surface area contributed by atoms with E-state index in [4.69, 9.17) is 9.47 Å². The number of aromatic nitrogens is 4. The topological polar surface area (TPSA) is 118 Å². The Kier molecular flexibility index (Phi) is 10.4. The van der Waals surface area contributed by atoms with E-state index in [0.29, 0.717) is 85.9 Å². The summed E-state index contributed by atoms with van der Waals surface area (Å²) < 4.78 is 44.4. The standard InChI is InChI=1S/C28H41N5O6S/c1-8-14-31(15-9-2)40(36,37)23-19-22(39-7)21(38-6)18-20(23)12-13-24-29-26-25(30(24)5)27(34)33(17-11-4)28(35)32(26)16-10-3/h12-13,18-19H,8-11,14-17H2,1-7H3/b13-12+. The average Bonchev–Trinajstić information content (AvgIpc) is 3.27. The molecule has 0 unspecified atom stereocenters. The molecule has 0 aliphatic heterocycles. The lowest BCUT2D eigenvalue weighted by Crippen LogP contribution is -2.40. The lowest BCUT2D eigenvalue weighted by atomic mass is 10.2. The molecule has 0 bridgehead atoms. The Morgan fingerprint density at radius 2 is 1.45 bits per heavy atom. The molecule has 2 heterocycles. The number of hydrogen-bond acceptors (Lipinski definition) is 7. The maximum absolute atomic E-state index is 13.8. The van der Waals surface area contributed by atoms with Gasteiger partial charge in [0.1, 0.15) is 5.82 Å². The fourth-order valence-electron chi connectivity index (χ4n) is 4.76. The minimum absolute atomic E-state index is 0.0789. The maximum Gasteiger partial charge on any atom is 0.332 e. The van der Waals surface area contributed by atoms with Gasteiger partial charge in [-0.05, 0) is 49.5 Å². The van der Waals surface area contributed by atoms with E-state index in [1.165, 1.54) is 33.7 Å². The molecule has 2 aromatic heterocycles. The summed E-state index contributed by atoms with van der Waals surface area (Å²) in [7, 11) is 0.786. The van der Waals surface area contributed by atoms with Crippen LogP contribution in [0.25, 0.3) is 23.3 Å². The van der Waals surface area contributed by atoms with Crippen molar-refractivity contribution in [2.24, 2.45) is 7.05 Å². The van der Waals surface area contributed by atoms with Crippen molar-refractivity contribution in [2.75, 3.05) is 27.3 Å². The highest BCUT2D eigenvalue weighted by Gasteiger charge is 2.27. The molecule has 0 N–H and O–H groups in total. The summed E-state index contributed by atoms with van der Waals surface area (Å²) in [5.41, 5.74) is 0.237. The summed E-state index contributed by atoms with van der Waals surface area (Å²) in [6.07, 6.45) is 5.97. The zero-order chi connectivity index (χ0) is 29.6. The highest BCUT2D eigenvalue weighted by atomic mass is 32.2. The van der Waals surface area contributed by atoms with Crippen LogP contribution in [0.5, 0.6) is 11.5 Å². The number of imidazole rings is 1. The number of benzene rings is 1. The van der Waals surface area contributed by atoms with Crippen LogP contribution in [0.1, 0.15) is 64.8 Å². The van der Waals surface area contributed by atoms with Gasteiger partial charge in [-0.1, -0.05) is 27.7 Å². The second-order valence-electron chi connectivity index (χ2n) is 9.57. The summed E-state index contributed by atoms with van der Waals surface area (Å²) >= 11 is 0. The van der Waals surface area contributed by atoms with Gasteiger partial charge in [0, 0.05) is 39.3 Å². The van der Waals surface area contributed by atoms with Crippen molar-refractivity contribution in [3.63, 3.8) is 0 Å². The molecule has 1 aromatic carbocycles. The first kappa shape index (κ1) is 31.2. The zero-order valence-corrected chi connectivity index (χ0v) is 25.4. The molecule has 0 radical (unpaired) electrons. The summed E-state index contributed by atoms with van der Waals surface area (Å²) in [4.78, 5) is 31.1. The molecule has 0 fully saturated rings. The third kappa shape index (κ3) is 5.87. The van der Waals surface area contributed by atoms with Crippen molar-refractivity contribution in [3.05, 3.63) is 44.4 Å². The summed E-state index contributed by atoms with van der Waals surface area (Å²) in [6.45, 7) is 9.24. The fraction of sp³-hybridized carbons (Fsp3) is 0.536. The smallest absolute Gasteiger partial charge is 0.332 e. The van der Waals surface area contributed by atoms with Gasteiger partial charge in [-0.3, -0.25) is 13.9 Å². The molecule has 0 saturated carbocycles. The fourth-order valence-corrected chi connectivity index (χ4v) is 6.56. The van der Waals surface area contributed by atoms with Gasteiger partial charge in [-0.2, -0.15) is 4.31 Å². The molecule has 0 amide bonds. The van der Waals surface area contributed by atoms with Crippen LogP contribution < -0.4 is 20.7 Å². The normalized spacial score (nSPS) is 12.2. The Bertz CT molecular complexity index is 1590. The number of ether oxygens (including phenoxy) is 2. The van der Waals surface area contributed by atoms with Gasteiger partial charge in [0.05, 0.1) is 19.1 Å². The van der Waals surface area contributed by atoms with Crippen molar-refractivity contribution in [1.29, 1.82) is 0 Å². The van der Waals surface area contributed by atoms with E-state index in [1.807, 2.05) is 27.7 Å². The minimum Gasteiger partial charge on any atom is -0.493 e. The van der Waals surface area contributed by atoms with Crippen molar-refractivity contribution in [3.8, 4) is 11.5 Å². The highest BCUT2D eigenvalue weighted by Crippen LogP contribution is 2.35. The predicted octanol–water partition coefficient (Wildman–Crippen LogP) is 3.72. The van der Waals surface area contributed by atoms with Crippen molar-refractivity contribution < 1.29 is 17.9 Å². The van der Waals surface area contributed by atoms with Crippen molar-refractivity contribution >= 4 is 33.3 Å². The number of sulfonamides is 1. The van der Waals surface area contributed by atoms with Crippen molar-refractivity contribution in [1.82, 2.24) is 23.0 Å². The van der Waals surface area contributed by atoms with E-state index < -0.39 is 15.6 Å². The van der Waals surface area contributed by atoms with Gasteiger partial charge >= 0.3 is 5.69 Å². The van der Waals surface area contributed by atoms with Gasteiger partial charge in [-0.15, -0.1) is 0 Å². The largest absolute Gasteiger partial charge is 0.493 e. The highest BCUT2D eigenvalue weighted by molar-refractivity contribution is 7.89. The lowest BCUT2D eigenvalue weighted by molar-refractivity contribution is 0.353. The Morgan fingerprint density at radius 1 is 0.875 bits per heavy atom. The molecule has 220 valence electrons. The molecule has 12 heteroatoms. The van der Waals surface area contributed by atoms with E-state index in [1.54, 1.807) is 29.8 Å². The van der Waals surface area contributed by atoms with Gasteiger partial charge in [0.25, 0.3) is 5.56 Å². The number of hydrogen-bond donors (Lipinski definition) is 0. The van der Waals surface area contributed by atoms with E-state index in [-0.39, 0.29) is 10.6 Å². The molecule has 11 nitrogen and oxygen atoms in total. The third-order valence-corrected chi connectivity index (χ3v) is 8.62. The maximum atomic E-state index is 13.8. The first-order valence-electron chi connectivity index (χ1n) is 13.7. The Morgan fingerprint density at radius 3 is 2.00 bits per heavy atom. The number of aryl methyl sites for hydroxylation is 2. The second kappa shape index (κ2) is 13.3. The van der Waals surface area contributed by atoms with E-state index in [2.05, 4.69) is 4.98 Å². The van der Waals surface area contributed by atoms with Crippen LogP contribution in [0.2, 0.25) is 0 Å². The third-order valence-electron chi connectivity index (χ3n) is 6.66. The summed E-state index contributed by atoms with van der Waals surface area (Å²) in [6, 6.07) is 3.09.